The zero-order valence-electron chi connectivity index (χ0n) is 15.7. The summed E-state index contributed by atoms with van der Waals surface area (Å²) in [5, 5.41) is 2.86. The Morgan fingerprint density at radius 3 is 2.52 bits per heavy atom. The summed E-state index contributed by atoms with van der Waals surface area (Å²) in [5.74, 6) is -0.588. The van der Waals surface area contributed by atoms with Gasteiger partial charge in [0.05, 0.1) is 0 Å². The molecule has 6 heteroatoms. The Kier molecular flexibility index (Phi) is 4.27. The van der Waals surface area contributed by atoms with Crippen LogP contribution in [0.15, 0.2) is 48.7 Å². The van der Waals surface area contributed by atoms with Crippen molar-refractivity contribution in [1.82, 2.24) is 10.3 Å². The van der Waals surface area contributed by atoms with E-state index in [1.54, 1.807) is 12.3 Å². The standard InChI is InChI=1S/C23H19F2N3O/c24-15-5-6-16(21(25)12-15)14-10-18(20-13-27-23(29)19(20)11-14)17-4-3-7-26-22(17)28-8-1-2-9-28/h3-7,10-12H,1-2,8-9,13H2,(H,27,29). The van der Waals surface area contributed by atoms with E-state index < -0.39 is 11.6 Å². The molecule has 5 rings (SSSR count). The van der Waals surface area contributed by atoms with Crippen LogP contribution in [0.2, 0.25) is 0 Å². The number of halogens is 2. The molecule has 1 N–H and O–H groups in total. The van der Waals surface area contributed by atoms with Gasteiger partial charge in [-0.2, -0.15) is 0 Å². The van der Waals surface area contributed by atoms with Crippen molar-refractivity contribution in [2.75, 3.05) is 18.0 Å². The van der Waals surface area contributed by atoms with Gasteiger partial charge in [0.1, 0.15) is 17.5 Å². The van der Waals surface area contributed by atoms with E-state index in [4.69, 9.17) is 0 Å². The van der Waals surface area contributed by atoms with Crippen LogP contribution in [0.25, 0.3) is 22.3 Å². The van der Waals surface area contributed by atoms with E-state index in [1.807, 2.05) is 18.2 Å². The molecule has 3 aromatic rings. The maximum atomic E-state index is 14.5. The van der Waals surface area contributed by atoms with Crippen molar-refractivity contribution >= 4 is 11.7 Å². The predicted octanol–water partition coefficient (Wildman–Crippen LogP) is 4.54. The molecule has 0 spiro atoms. The molecule has 0 bridgehead atoms. The number of carbonyl (C=O) groups is 1. The number of aromatic nitrogens is 1. The minimum atomic E-state index is -0.653. The van der Waals surface area contributed by atoms with Gasteiger partial charge in [-0.25, -0.2) is 13.8 Å². The molecule has 1 saturated heterocycles. The molecule has 0 atom stereocenters. The number of anilines is 1. The quantitative estimate of drug-likeness (QED) is 0.713. The Hall–Kier alpha value is -3.28. The lowest BCUT2D eigenvalue weighted by Gasteiger charge is -2.21. The van der Waals surface area contributed by atoms with Crippen LogP contribution in [0, 0.1) is 11.6 Å². The Bertz CT molecular complexity index is 1120. The minimum Gasteiger partial charge on any atom is -0.356 e. The Labute approximate surface area is 167 Å². The van der Waals surface area contributed by atoms with Crippen LogP contribution in [-0.2, 0) is 6.54 Å². The molecular weight excluding hydrogens is 372 g/mol. The van der Waals surface area contributed by atoms with Gasteiger partial charge in [0.25, 0.3) is 5.91 Å². The largest absolute Gasteiger partial charge is 0.356 e. The van der Waals surface area contributed by atoms with E-state index >= 15 is 0 Å². The number of rotatable bonds is 3. The van der Waals surface area contributed by atoms with Gasteiger partial charge in [0.2, 0.25) is 0 Å². The number of amides is 1. The predicted molar refractivity (Wildman–Crippen MR) is 108 cm³/mol. The minimum absolute atomic E-state index is 0.183. The number of fused-ring (bicyclic) bond motifs is 1. The second-order valence-electron chi connectivity index (χ2n) is 7.43. The van der Waals surface area contributed by atoms with Crippen molar-refractivity contribution in [2.24, 2.45) is 0 Å². The summed E-state index contributed by atoms with van der Waals surface area (Å²) in [7, 11) is 0. The van der Waals surface area contributed by atoms with Gasteiger partial charge < -0.3 is 10.2 Å². The molecule has 0 radical (unpaired) electrons. The third kappa shape index (κ3) is 3.05. The summed E-state index contributed by atoms with van der Waals surface area (Å²) in [6.45, 7) is 2.30. The maximum absolute atomic E-state index is 14.5. The van der Waals surface area contributed by atoms with Crippen LogP contribution < -0.4 is 10.2 Å². The van der Waals surface area contributed by atoms with Crippen molar-refractivity contribution in [3.8, 4) is 22.3 Å². The summed E-state index contributed by atoms with van der Waals surface area (Å²) in [6, 6.07) is 10.9. The van der Waals surface area contributed by atoms with E-state index in [0.29, 0.717) is 17.7 Å². The third-order valence-corrected chi connectivity index (χ3v) is 5.64. The maximum Gasteiger partial charge on any atom is 0.251 e. The van der Waals surface area contributed by atoms with Crippen molar-refractivity contribution in [3.05, 3.63) is 71.4 Å². The number of benzene rings is 2. The molecule has 2 aromatic carbocycles. The van der Waals surface area contributed by atoms with E-state index in [-0.39, 0.29) is 11.5 Å². The number of pyridine rings is 1. The fourth-order valence-electron chi connectivity index (χ4n) is 4.24. The highest BCUT2D eigenvalue weighted by Crippen LogP contribution is 2.39. The Morgan fingerprint density at radius 1 is 0.931 bits per heavy atom. The fourth-order valence-corrected chi connectivity index (χ4v) is 4.24. The zero-order chi connectivity index (χ0) is 20.0. The smallest absolute Gasteiger partial charge is 0.251 e. The van der Waals surface area contributed by atoms with E-state index in [0.717, 1.165) is 54.5 Å². The molecule has 2 aliphatic rings. The van der Waals surface area contributed by atoms with Crippen LogP contribution >= 0.6 is 0 Å². The molecule has 1 aromatic heterocycles. The summed E-state index contributed by atoms with van der Waals surface area (Å²) in [5.41, 5.74) is 4.00. The molecule has 2 aliphatic heterocycles. The first-order valence-electron chi connectivity index (χ1n) is 9.73. The molecule has 0 unspecified atom stereocenters. The van der Waals surface area contributed by atoms with E-state index in [9.17, 15) is 13.6 Å². The Balaban J connectivity index is 1.73. The van der Waals surface area contributed by atoms with Crippen LogP contribution in [-0.4, -0.2) is 24.0 Å². The second-order valence-corrected chi connectivity index (χ2v) is 7.43. The number of nitrogens with zero attached hydrogens (tertiary/aromatic N) is 2. The number of carbonyl (C=O) groups excluding carboxylic acids is 1. The van der Waals surface area contributed by atoms with Gasteiger partial charge in [-0.05, 0) is 65.9 Å². The van der Waals surface area contributed by atoms with Gasteiger partial charge in [0.15, 0.2) is 0 Å². The van der Waals surface area contributed by atoms with Crippen molar-refractivity contribution in [2.45, 2.75) is 19.4 Å². The molecular formula is C23H19F2N3O. The van der Waals surface area contributed by atoms with Gasteiger partial charge in [-0.15, -0.1) is 0 Å². The number of hydrogen-bond acceptors (Lipinski definition) is 3. The first-order chi connectivity index (χ1) is 14.1. The topological polar surface area (TPSA) is 45.2 Å². The molecule has 1 fully saturated rings. The van der Waals surface area contributed by atoms with E-state index in [2.05, 4.69) is 15.2 Å². The molecule has 146 valence electrons. The highest BCUT2D eigenvalue weighted by molar-refractivity contribution is 6.02. The summed E-state index contributed by atoms with van der Waals surface area (Å²) in [6.07, 6.45) is 4.01. The lowest BCUT2D eigenvalue weighted by atomic mass is 9.91. The van der Waals surface area contributed by atoms with Gasteiger partial charge in [0, 0.05) is 48.6 Å². The zero-order valence-corrected chi connectivity index (χ0v) is 15.7. The van der Waals surface area contributed by atoms with Crippen LogP contribution in [0.5, 0.6) is 0 Å². The molecule has 29 heavy (non-hydrogen) atoms. The highest BCUT2D eigenvalue weighted by atomic mass is 19.1. The first-order valence-corrected chi connectivity index (χ1v) is 9.73. The number of nitrogens with one attached hydrogen (secondary N) is 1. The monoisotopic (exact) mass is 391 g/mol. The SMILES string of the molecule is O=C1NCc2c1cc(-c1ccc(F)cc1F)cc2-c1cccnc1N1CCCC1. The summed E-state index contributed by atoms with van der Waals surface area (Å²) in [4.78, 5) is 19.3. The van der Waals surface area contributed by atoms with Crippen LogP contribution in [0.1, 0.15) is 28.8 Å². The molecule has 1 amide bonds. The van der Waals surface area contributed by atoms with Gasteiger partial charge in [-0.1, -0.05) is 0 Å². The first kappa shape index (κ1) is 17.8. The molecule has 4 nitrogen and oxygen atoms in total. The highest BCUT2D eigenvalue weighted by Gasteiger charge is 2.27. The molecule has 0 saturated carbocycles. The lowest BCUT2D eigenvalue weighted by molar-refractivity contribution is 0.0966. The third-order valence-electron chi connectivity index (χ3n) is 5.64. The lowest BCUT2D eigenvalue weighted by Crippen LogP contribution is -2.19. The number of hydrogen-bond donors (Lipinski definition) is 1. The second kappa shape index (κ2) is 6.95. The summed E-state index contributed by atoms with van der Waals surface area (Å²) >= 11 is 0. The molecule has 3 heterocycles. The average molecular weight is 391 g/mol. The molecule has 0 aliphatic carbocycles. The van der Waals surface area contributed by atoms with E-state index in [1.165, 1.54) is 12.1 Å². The summed E-state index contributed by atoms with van der Waals surface area (Å²) < 4.78 is 27.9. The van der Waals surface area contributed by atoms with Crippen molar-refractivity contribution in [1.29, 1.82) is 0 Å². The van der Waals surface area contributed by atoms with Gasteiger partial charge in [-0.3, -0.25) is 4.79 Å². The van der Waals surface area contributed by atoms with Gasteiger partial charge >= 0.3 is 0 Å². The van der Waals surface area contributed by atoms with Crippen molar-refractivity contribution in [3.63, 3.8) is 0 Å². The van der Waals surface area contributed by atoms with Crippen LogP contribution in [0.4, 0.5) is 14.6 Å². The van der Waals surface area contributed by atoms with Crippen LogP contribution in [0.3, 0.4) is 0 Å². The Morgan fingerprint density at radius 2 is 1.72 bits per heavy atom. The average Bonchev–Trinajstić information content (AvgIpc) is 3.38. The normalized spacial score (nSPS) is 15.5. The van der Waals surface area contributed by atoms with Crippen molar-refractivity contribution < 1.29 is 13.6 Å². The fraction of sp³-hybridized carbons (Fsp3) is 0.217.